The summed E-state index contributed by atoms with van der Waals surface area (Å²) in [5.74, 6) is -0.690. The molecule has 0 aromatic heterocycles. The minimum atomic E-state index is -1.91. The molecule has 0 saturated heterocycles. The first-order valence-electron chi connectivity index (χ1n) is 3.83. The molecule has 1 amide bonds. The molecule has 6 heteroatoms. The molecule has 0 radical (unpaired) electrons. The third-order valence-corrected chi connectivity index (χ3v) is 1.66. The Labute approximate surface area is 86.2 Å². The number of hydrogen-bond acceptors (Lipinski definition) is 4. The van der Waals surface area contributed by atoms with E-state index in [4.69, 9.17) is 28.8 Å². The first kappa shape index (κ1) is 10.8. The molecular formula is C8H11ClN4O. The van der Waals surface area contributed by atoms with Gasteiger partial charge in [0.15, 0.2) is 0 Å². The first-order chi connectivity index (χ1) is 6.39. The number of nitrogens with one attached hydrogen (secondary N) is 1. The van der Waals surface area contributed by atoms with E-state index in [2.05, 4.69) is 5.32 Å². The SMILES string of the molecule is Nc1cccc(NC(=O)C(N)(N)Cl)c1. The Bertz CT molecular complexity index is 347. The zero-order chi connectivity index (χ0) is 10.8. The lowest BCUT2D eigenvalue weighted by atomic mass is 10.3. The smallest absolute Gasteiger partial charge is 0.275 e. The van der Waals surface area contributed by atoms with Crippen LogP contribution in [-0.4, -0.2) is 11.0 Å². The number of anilines is 2. The second kappa shape index (κ2) is 3.83. The molecule has 7 N–H and O–H groups in total. The zero-order valence-corrected chi connectivity index (χ0v) is 8.08. The molecule has 0 unspecified atom stereocenters. The maximum Gasteiger partial charge on any atom is 0.275 e. The minimum Gasteiger partial charge on any atom is -0.399 e. The number of alkyl halides is 1. The molecule has 14 heavy (non-hydrogen) atoms. The number of nitrogen functional groups attached to an aromatic ring is 1. The molecule has 0 fully saturated rings. The summed E-state index contributed by atoms with van der Waals surface area (Å²) in [5.41, 5.74) is 16.8. The van der Waals surface area contributed by atoms with Crippen molar-refractivity contribution in [1.82, 2.24) is 0 Å². The van der Waals surface area contributed by atoms with Crippen LogP contribution in [0.5, 0.6) is 0 Å². The van der Waals surface area contributed by atoms with Gasteiger partial charge in [0.25, 0.3) is 5.91 Å². The van der Waals surface area contributed by atoms with Crippen molar-refractivity contribution < 1.29 is 4.79 Å². The Morgan fingerprint density at radius 1 is 1.43 bits per heavy atom. The Morgan fingerprint density at radius 2 is 2.07 bits per heavy atom. The lowest BCUT2D eigenvalue weighted by Crippen LogP contribution is -2.53. The third kappa shape index (κ3) is 2.88. The highest BCUT2D eigenvalue weighted by Gasteiger charge is 2.25. The fourth-order valence-electron chi connectivity index (χ4n) is 0.843. The molecule has 0 aliphatic rings. The molecule has 0 saturated carbocycles. The topological polar surface area (TPSA) is 107 Å². The Kier molecular flexibility index (Phi) is 2.95. The van der Waals surface area contributed by atoms with Crippen molar-refractivity contribution in [3.05, 3.63) is 24.3 Å². The van der Waals surface area contributed by atoms with E-state index in [0.29, 0.717) is 11.4 Å². The van der Waals surface area contributed by atoms with Crippen molar-refractivity contribution in [2.45, 2.75) is 5.12 Å². The van der Waals surface area contributed by atoms with E-state index in [1.54, 1.807) is 24.3 Å². The number of hydrogen-bond donors (Lipinski definition) is 4. The number of nitrogens with two attached hydrogens (primary N) is 3. The van der Waals surface area contributed by atoms with E-state index in [9.17, 15) is 4.79 Å². The van der Waals surface area contributed by atoms with Gasteiger partial charge in [-0.1, -0.05) is 17.7 Å². The maximum absolute atomic E-state index is 11.2. The Hall–Kier alpha value is -1.30. The van der Waals surface area contributed by atoms with Gasteiger partial charge in [-0.2, -0.15) is 0 Å². The molecule has 1 aromatic carbocycles. The lowest BCUT2D eigenvalue weighted by molar-refractivity contribution is -0.118. The van der Waals surface area contributed by atoms with Gasteiger partial charge in [0, 0.05) is 11.4 Å². The summed E-state index contributed by atoms with van der Waals surface area (Å²) in [6.07, 6.45) is 0. The lowest BCUT2D eigenvalue weighted by Gasteiger charge is -2.15. The molecule has 0 spiro atoms. The minimum absolute atomic E-state index is 0.496. The average Bonchev–Trinajstić information content (AvgIpc) is 2.02. The quantitative estimate of drug-likeness (QED) is 0.241. The second-order valence-corrected chi connectivity index (χ2v) is 3.47. The van der Waals surface area contributed by atoms with Crippen LogP contribution in [-0.2, 0) is 4.79 Å². The van der Waals surface area contributed by atoms with Gasteiger partial charge in [0.05, 0.1) is 0 Å². The molecule has 0 aliphatic heterocycles. The molecule has 0 bridgehead atoms. The Morgan fingerprint density at radius 3 is 2.57 bits per heavy atom. The van der Waals surface area contributed by atoms with Gasteiger partial charge in [-0.25, -0.2) is 0 Å². The van der Waals surface area contributed by atoms with Gasteiger partial charge in [-0.15, -0.1) is 0 Å². The summed E-state index contributed by atoms with van der Waals surface area (Å²) < 4.78 is 0. The standard InChI is InChI=1S/C8H11ClN4O/c9-8(11,12)7(14)13-6-3-1-2-5(10)4-6/h1-4H,10-12H2,(H,13,14). The van der Waals surface area contributed by atoms with E-state index in [1.165, 1.54) is 0 Å². The van der Waals surface area contributed by atoms with E-state index >= 15 is 0 Å². The number of amides is 1. The van der Waals surface area contributed by atoms with Gasteiger partial charge < -0.3 is 11.1 Å². The summed E-state index contributed by atoms with van der Waals surface area (Å²) in [5, 5.41) is 0.510. The predicted octanol–water partition coefficient (Wildman–Crippen LogP) is 0.0173. The average molecular weight is 215 g/mol. The maximum atomic E-state index is 11.2. The fourth-order valence-corrected chi connectivity index (χ4v) is 0.891. The summed E-state index contributed by atoms with van der Waals surface area (Å²) in [6, 6.07) is 6.60. The summed E-state index contributed by atoms with van der Waals surface area (Å²) >= 11 is 5.39. The second-order valence-electron chi connectivity index (χ2n) is 2.85. The van der Waals surface area contributed by atoms with Crippen molar-refractivity contribution in [2.75, 3.05) is 11.1 Å². The molecule has 0 heterocycles. The molecule has 0 aliphatic carbocycles. The zero-order valence-electron chi connectivity index (χ0n) is 7.33. The number of carbonyl (C=O) groups is 1. The molecular weight excluding hydrogens is 204 g/mol. The van der Waals surface area contributed by atoms with Gasteiger partial charge in [-0.05, 0) is 18.2 Å². The molecule has 1 aromatic rings. The van der Waals surface area contributed by atoms with E-state index in [-0.39, 0.29) is 0 Å². The highest BCUT2D eigenvalue weighted by molar-refractivity contribution is 6.35. The van der Waals surface area contributed by atoms with Crippen LogP contribution >= 0.6 is 11.6 Å². The summed E-state index contributed by atoms with van der Waals surface area (Å²) in [4.78, 5) is 11.2. The number of halogens is 1. The van der Waals surface area contributed by atoms with E-state index in [1.807, 2.05) is 0 Å². The van der Waals surface area contributed by atoms with Crippen LogP contribution in [0.15, 0.2) is 24.3 Å². The predicted molar refractivity (Wildman–Crippen MR) is 56.4 cm³/mol. The Balaban J connectivity index is 2.75. The largest absolute Gasteiger partial charge is 0.399 e. The van der Waals surface area contributed by atoms with Crippen LogP contribution in [0.3, 0.4) is 0 Å². The first-order valence-corrected chi connectivity index (χ1v) is 4.21. The van der Waals surface area contributed by atoms with E-state index in [0.717, 1.165) is 0 Å². The fraction of sp³-hybridized carbons (Fsp3) is 0.125. The van der Waals surface area contributed by atoms with Crippen molar-refractivity contribution in [3.63, 3.8) is 0 Å². The van der Waals surface area contributed by atoms with Gasteiger partial charge in [0.2, 0.25) is 5.12 Å². The van der Waals surface area contributed by atoms with Crippen LogP contribution in [0.4, 0.5) is 11.4 Å². The molecule has 1 rings (SSSR count). The highest BCUT2D eigenvalue weighted by Crippen LogP contribution is 2.13. The van der Waals surface area contributed by atoms with Crippen molar-refractivity contribution in [2.24, 2.45) is 11.5 Å². The van der Waals surface area contributed by atoms with Crippen molar-refractivity contribution in [1.29, 1.82) is 0 Å². The molecule has 5 nitrogen and oxygen atoms in total. The number of carbonyl (C=O) groups excluding carboxylic acids is 1. The normalized spacial score (nSPS) is 11.1. The third-order valence-electron chi connectivity index (χ3n) is 1.49. The van der Waals surface area contributed by atoms with Crippen LogP contribution in [0.1, 0.15) is 0 Å². The van der Waals surface area contributed by atoms with Crippen LogP contribution < -0.4 is 22.5 Å². The van der Waals surface area contributed by atoms with Crippen LogP contribution in [0.2, 0.25) is 0 Å². The van der Waals surface area contributed by atoms with Crippen LogP contribution in [0.25, 0.3) is 0 Å². The van der Waals surface area contributed by atoms with Crippen molar-refractivity contribution >= 4 is 28.9 Å². The van der Waals surface area contributed by atoms with Gasteiger partial charge in [0.1, 0.15) is 0 Å². The molecule has 0 atom stereocenters. The molecule has 76 valence electrons. The van der Waals surface area contributed by atoms with Crippen LogP contribution in [0, 0.1) is 0 Å². The van der Waals surface area contributed by atoms with Gasteiger partial charge >= 0.3 is 0 Å². The van der Waals surface area contributed by atoms with Crippen molar-refractivity contribution in [3.8, 4) is 0 Å². The number of benzene rings is 1. The highest BCUT2D eigenvalue weighted by atomic mass is 35.5. The summed E-state index contributed by atoms with van der Waals surface area (Å²) in [6.45, 7) is 0. The number of rotatable bonds is 2. The van der Waals surface area contributed by atoms with E-state index < -0.39 is 11.0 Å². The van der Waals surface area contributed by atoms with Gasteiger partial charge in [-0.3, -0.25) is 16.3 Å². The monoisotopic (exact) mass is 214 g/mol. The summed E-state index contributed by atoms with van der Waals surface area (Å²) in [7, 11) is 0.